The molecule has 0 saturated carbocycles. The van der Waals surface area contributed by atoms with Crippen LogP contribution in [0.5, 0.6) is 11.5 Å². The van der Waals surface area contributed by atoms with Crippen molar-refractivity contribution in [2.45, 2.75) is 33.8 Å². The number of anilines is 1. The second-order valence-corrected chi connectivity index (χ2v) is 8.08. The van der Waals surface area contributed by atoms with Crippen molar-refractivity contribution in [1.82, 2.24) is 0 Å². The number of aryl methyl sites for hydroxylation is 2. The summed E-state index contributed by atoms with van der Waals surface area (Å²) in [6.45, 7) is 6.63. The van der Waals surface area contributed by atoms with Crippen molar-refractivity contribution in [1.29, 1.82) is 5.26 Å². The first-order valence-corrected chi connectivity index (χ1v) is 11.5. The van der Waals surface area contributed by atoms with Crippen LogP contribution in [0.1, 0.15) is 36.1 Å². The third kappa shape index (κ3) is 6.40. The molecule has 0 atom stereocenters. The number of nitrogens with zero attached hydrogens (tertiary/aromatic N) is 1. The fourth-order valence-corrected chi connectivity index (χ4v) is 3.76. The Hall–Kier alpha value is -3.75. The maximum atomic E-state index is 12.8. The average molecular weight is 475 g/mol. The van der Waals surface area contributed by atoms with Crippen molar-refractivity contribution in [3.63, 3.8) is 0 Å². The molecular formula is C28H27ClN2O3. The van der Waals surface area contributed by atoms with Gasteiger partial charge in [0.2, 0.25) is 0 Å². The van der Waals surface area contributed by atoms with E-state index in [1.165, 1.54) is 6.08 Å². The van der Waals surface area contributed by atoms with Crippen molar-refractivity contribution in [2.24, 2.45) is 0 Å². The van der Waals surface area contributed by atoms with Gasteiger partial charge in [-0.05, 0) is 61.2 Å². The van der Waals surface area contributed by atoms with Crippen LogP contribution in [0.25, 0.3) is 6.08 Å². The molecule has 0 aliphatic rings. The van der Waals surface area contributed by atoms with Crippen LogP contribution < -0.4 is 14.8 Å². The van der Waals surface area contributed by atoms with Crippen LogP contribution in [-0.2, 0) is 17.8 Å². The number of ether oxygens (including phenoxy) is 2. The molecule has 174 valence electrons. The molecule has 0 bridgehead atoms. The molecule has 0 fully saturated rings. The van der Waals surface area contributed by atoms with E-state index in [2.05, 4.69) is 5.32 Å². The van der Waals surface area contributed by atoms with Crippen molar-refractivity contribution in [3.8, 4) is 17.6 Å². The zero-order chi connectivity index (χ0) is 24.5. The number of hydrogen-bond donors (Lipinski definition) is 1. The molecular weight excluding hydrogens is 448 g/mol. The number of benzene rings is 3. The van der Waals surface area contributed by atoms with Crippen LogP contribution in [0, 0.1) is 18.3 Å². The van der Waals surface area contributed by atoms with Crippen molar-refractivity contribution < 1.29 is 14.3 Å². The first-order valence-electron chi connectivity index (χ1n) is 11.1. The number of nitrogens with one attached hydrogen (secondary N) is 1. The third-order valence-electron chi connectivity index (χ3n) is 5.12. The standard InChI is InChI=1S/C28H27ClN2O3/c1-4-22-11-6-7-12-25(22)31-28(32)23(17-30)14-21-15-24(29)27(26(16-21)33-5-2)34-18-20-10-8-9-19(3)13-20/h6-16H,4-5,18H2,1-3H3,(H,31,32)/b23-14+. The summed E-state index contributed by atoms with van der Waals surface area (Å²) in [5.74, 6) is 0.377. The van der Waals surface area contributed by atoms with Gasteiger partial charge in [-0.25, -0.2) is 0 Å². The van der Waals surface area contributed by atoms with Gasteiger partial charge in [0.25, 0.3) is 5.91 Å². The highest BCUT2D eigenvalue weighted by molar-refractivity contribution is 6.32. The summed E-state index contributed by atoms with van der Waals surface area (Å²) in [6.07, 6.45) is 2.25. The molecule has 5 nitrogen and oxygen atoms in total. The number of amides is 1. The Balaban J connectivity index is 1.86. The molecule has 34 heavy (non-hydrogen) atoms. The Morgan fingerprint density at radius 3 is 2.59 bits per heavy atom. The largest absolute Gasteiger partial charge is 0.490 e. The third-order valence-corrected chi connectivity index (χ3v) is 5.40. The lowest BCUT2D eigenvalue weighted by Crippen LogP contribution is -2.14. The van der Waals surface area contributed by atoms with E-state index in [0.29, 0.717) is 41.0 Å². The Bertz CT molecular complexity index is 1240. The van der Waals surface area contributed by atoms with E-state index in [-0.39, 0.29) is 5.57 Å². The monoisotopic (exact) mass is 474 g/mol. The van der Waals surface area contributed by atoms with Crippen LogP contribution in [0.3, 0.4) is 0 Å². The van der Waals surface area contributed by atoms with Gasteiger partial charge in [-0.1, -0.05) is 66.6 Å². The number of hydrogen-bond acceptors (Lipinski definition) is 4. The summed E-state index contributed by atoms with van der Waals surface area (Å²) >= 11 is 6.53. The van der Waals surface area contributed by atoms with Crippen molar-refractivity contribution in [3.05, 3.63) is 93.5 Å². The quantitative estimate of drug-likeness (QED) is 0.275. The minimum Gasteiger partial charge on any atom is -0.490 e. The van der Waals surface area contributed by atoms with E-state index in [1.54, 1.807) is 12.1 Å². The van der Waals surface area contributed by atoms with E-state index in [9.17, 15) is 10.1 Å². The number of rotatable bonds is 9. The van der Waals surface area contributed by atoms with Gasteiger partial charge in [-0.3, -0.25) is 4.79 Å². The van der Waals surface area contributed by atoms with E-state index in [4.69, 9.17) is 21.1 Å². The average Bonchev–Trinajstić information content (AvgIpc) is 2.82. The van der Waals surface area contributed by atoms with Crippen molar-refractivity contribution in [2.75, 3.05) is 11.9 Å². The lowest BCUT2D eigenvalue weighted by Gasteiger charge is -2.15. The Labute approximate surface area is 205 Å². The summed E-state index contributed by atoms with van der Waals surface area (Å²) < 4.78 is 11.7. The number of para-hydroxylation sites is 1. The topological polar surface area (TPSA) is 71.3 Å². The van der Waals surface area contributed by atoms with Gasteiger partial charge in [-0.15, -0.1) is 0 Å². The number of carbonyl (C=O) groups is 1. The number of nitriles is 1. The summed E-state index contributed by atoms with van der Waals surface area (Å²) in [5, 5.41) is 12.8. The summed E-state index contributed by atoms with van der Waals surface area (Å²) in [6, 6.07) is 20.9. The molecule has 0 aliphatic carbocycles. The van der Waals surface area contributed by atoms with Gasteiger partial charge >= 0.3 is 0 Å². The Morgan fingerprint density at radius 1 is 1.09 bits per heavy atom. The molecule has 1 N–H and O–H groups in total. The minimum absolute atomic E-state index is 0.0437. The normalized spacial score (nSPS) is 11.0. The molecule has 0 unspecified atom stereocenters. The Kier molecular flexibility index (Phi) is 8.73. The van der Waals surface area contributed by atoms with E-state index >= 15 is 0 Å². The predicted octanol–water partition coefficient (Wildman–Crippen LogP) is 6.73. The molecule has 3 aromatic carbocycles. The van der Waals surface area contributed by atoms with Gasteiger partial charge in [0.15, 0.2) is 11.5 Å². The second-order valence-electron chi connectivity index (χ2n) is 7.68. The molecule has 0 radical (unpaired) electrons. The van der Waals surface area contributed by atoms with E-state index < -0.39 is 5.91 Å². The molecule has 0 heterocycles. The predicted molar refractivity (Wildman–Crippen MR) is 136 cm³/mol. The summed E-state index contributed by atoms with van der Waals surface area (Å²) in [7, 11) is 0. The fraction of sp³-hybridized carbons (Fsp3) is 0.214. The first kappa shape index (κ1) is 24.9. The molecule has 0 aromatic heterocycles. The molecule has 0 aliphatic heterocycles. The minimum atomic E-state index is -0.489. The SMILES string of the molecule is CCOc1cc(/C=C(\C#N)C(=O)Nc2ccccc2CC)cc(Cl)c1OCc1cccc(C)c1. The lowest BCUT2D eigenvalue weighted by atomic mass is 10.1. The van der Waals surface area contributed by atoms with Crippen LogP contribution >= 0.6 is 11.6 Å². The zero-order valence-corrected chi connectivity index (χ0v) is 20.3. The first-order chi connectivity index (χ1) is 16.4. The smallest absolute Gasteiger partial charge is 0.266 e. The molecule has 6 heteroatoms. The summed E-state index contributed by atoms with van der Waals surface area (Å²) in [5.41, 5.74) is 4.35. The second kappa shape index (κ2) is 11.9. The highest BCUT2D eigenvalue weighted by atomic mass is 35.5. The van der Waals surface area contributed by atoms with Gasteiger partial charge < -0.3 is 14.8 Å². The van der Waals surface area contributed by atoms with Gasteiger partial charge in [-0.2, -0.15) is 5.26 Å². The Morgan fingerprint density at radius 2 is 1.88 bits per heavy atom. The lowest BCUT2D eigenvalue weighted by molar-refractivity contribution is -0.112. The number of halogens is 1. The fourth-order valence-electron chi connectivity index (χ4n) is 3.49. The van der Waals surface area contributed by atoms with Crippen LogP contribution in [0.15, 0.2) is 66.2 Å². The van der Waals surface area contributed by atoms with E-state index in [0.717, 1.165) is 23.1 Å². The van der Waals surface area contributed by atoms with Gasteiger partial charge in [0.05, 0.1) is 11.6 Å². The molecule has 0 spiro atoms. The zero-order valence-electron chi connectivity index (χ0n) is 19.5. The van der Waals surface area contributed by atoms with Crippen LogP contribution in [0.4, 0.5) is 5.69 Å². The molecule has 3 rings (SSSR count). The number of carbonyl (C=O) groups excluding carboxylic acids is 1. The maximum Gasteiger partial charge on any atom is 0.266 e. The van der Waals surface area contributed by atoms with Crippen LogP contribution in [0.2, 0.25) is 5.02 Å². The van der Waals surface area contributed by atoms with E-state index in [1.807, 2.05) is 75.4 Å². The molecule has 1 amide bonds. The van der Waals surface area contributed by atoms with Crippen LogP contribution in [-0.4, -0.2) is 12.5 Å². The molecule has 0 saturated heterocycles. The van der Waals surface area contributed by atoms with Gasteiger partial charge in [0, 0.05) is 5.69 Å². The maximum absolute atomic E-state index is 12.8. The highest BCUT2D eigenvalue weighted by Crippen LogP contribution is 2.38. The van der Waals surface area contributed by atoms with Gasteiger partial charge in [0.1, 0.15) is 18.2 Å². The highest BCUT2D eigenvalue weighted by Gasteiger charge is 2.15. The van der Waals surface area contributed by atoms with Crippen molar-refractivity contribution >= 4 is 29.3 Å². The summed E-state index contributed by atoms with van der Waals surface area (Å²) in [4.78, 5) is 12.8. The molecule has 3 aromatic rings.